The summed E-state index contributed by atoms with van der Waals surface area (Å²) in [5.41, 5.74) is 2.00. The van der Waals surface area contributed by atoms with Crippen LogP contribution < -0.4 is 9.47 Å². The van der Waals surface area contributed by atoms with Gasteiger partial charge in [-0.2, -0.15) is 0 Å². The van der Waals surface area contributed by atoms with Gasteiger partial charge in [0.15, 0.2) is 0 Å². The molecule has 4 heteroatoms. The van der Waals surface area contributed by atoms with Gasteiger partial charge >= 0.3 is 0 Å². The van der Waals surface area contributed by atoms with Crippen LogP contribution >= 0.6 is 0 Å². The summed E-state index contributed by atoms with van der Waals surface area (Å²) < 4.78 is 12.8. The maximum absolute atomic E-state index is 5.94. The number of hydrogen-bond acceptors (Lipinski definition) is 3. The van der Waals surface area contributed by atoms with Crippen LogP contribution in [-0.4, -0.2) is 51.6 Å². The van der Waals surface area contributed by atoms with Crippen LogP contribution in [0.1, 0.15) is 102 Å². The highest BCUT2D eigenvalue weighted by Crippen LogP contribution is 2.19. The summed E-state index contributed by atoms with van der Waals surface area (Å²) in [5.74, 6) is 1.85. The highest BCUT2D eigenvalue weighted by molar-refractivity contribution is 5.82. The zero-order valence-electron chi connectivity index (χ0n) is 24.9. The molecule has 0 atom stereocenters. The van der Waals surface area contributed by atoms with E-state index in [1.165, 1.54) is 83.6 Å². The minimum absolute atomic E-state index is 0.787. The molecule has 2 aromatic rings. The van der Waals surface area contributed by atoms with Crippen molar-refractivity contribution in [3.8, 4) is 11.5 Å². The first-order valence-electron chi connectivity index (χ1n) is 15.3. The van der Waals surface area contributed by atoms with Crippen molar-refractivity contribution in [3.63, 3.8) is 0 Å². The Kier molecular flexibility index (Phi) is 16.5. The molecule has 4 nitrogen and oxygen atoms in total. The van der Waals surface area contributed by atoms with Gasteiger partial charge in [0.05, 0.1) is 46.6 Å². The Morgan fingerprint density at radius 2 is 1.03 bits per heavy atom. The molecule has 0 aliphatic rings. The zero-order valence-corrected chi connectivity index (χ0v) is 24.9. The van der Waals surface area contributed by atoms with Crippen LogP contribution in [0, 0.1) is 0 Å². The smallest absolute Gasteiger partial charge is 0.119 e. The fraction of sp³-hybridized carbons (Fsp3) is 0.618. The molecule has 2 rings (SSSR count). The molecule has 0 unspecified atom stereocenters. The van der Waals surface area contributed by atoms with Crippen LogP contribution in [0.3, 0.4) is 0 Å². The van der Waals surface area contributed by atoms with Crippen LogP contribution in [0.25, 0.3) is 0 Å². The topological polar surface area (TPSA) is 30.8 Å². The van der Waals surface area contributed by atoms with Gasteiger partial charge in [-0.1, -0.05) is 71.1 Å². The van der Waals surface area contributed by atoms with Crippen molar-refractivity contribution >= 4 is 11.9 Å². The number of unbranched alkanes of at least 4 members (excludes halogenated alkanes) is 12. The van der Waals surface area contributed by atoms with E-state index in [2.05, 4.69) is 45.2 Å². The molecule has 0 heterocycles. The molecule has 0 N–H and O–H groups in total. The predicted octanol–water partition coefficient (Wildman–Crippen LogP) is 9.38. The molecule has 0 saturated carbocycles. The first kappa shape index (κ1) is 31.9. The highest BCUT2D eigenvalue weighted by Gasteiger charge is 2.05. The van der Waals surface area contributed by atoms with Crippen LogP contribution in [-0.2, 0) is 0 Å². The normalized spacial score (nSPS) is 11.8. The average Bonchev–Trinajstić information content (AvgIpc) is 2.91. The standard InChI is InChI=1S/C34H55N2O2/c1-5-6-7-17-28-38-34-25-21-32(22-26-34)35-30-31-19-23-33(24-20-31)37-29-18-15-13-11-9-8-10-12-14-16-27-36(2,3)4/h19-26,30H,5-18,27-29H2,1-4H3/q+1. The predicted molar refractivity (Wildman–Crippen MR) is 164 cm³/mol. The largest absolute Gasteiger partial charge is 0.494 e. The maximum atomic E-state index is 5.94. The van der Waals surface area contributed by atoms with Crippen molar-refractivity contribution in [1.29, 1.82) is 0 Å². The van der Waals surface area contributed by atoms with E-state index in [1.807, 2.05) is 42.6 Å². The lowest BCUT2D eigenvalue weighted by molar-refractivity contribution is -0.870. The Bertz CT molecular complexity index is 854. The van der Waals surface area contributed by atoms with Gasteiger partial charge in [-0.05, 0) is 79.8 Å². The molecule has 0 fully saturated rings. The molecule has 0 aromatic heterocycles. The summed E-state index contributed by atoms with van der Waals surface area (Å²) in [7, 11) is 6.85. The Morgan fingerprint density at radius 3 is 1.53 bits per heavy atom. The van der Waals surface area contributed by atoms with Gasteiger partial charge in [0, 0.05) is 6.21 Å². The van der Waals surface area contributed by atoms with E-state index in [0.29, 0.717) is 0 Å². The number of quaternary nitrogens is 1. The summed E-state index contributed by atoms with van der Waals surface area (Å²) >= 11 is 0. The lowest BCUT2D eigenvalue weighted by Gasteiger charge is -2.23. The van der Waals surface area contributed by atoms with E-state index in [4.69, 9.17) is 9.47 Å². The molecule has 0 spiro atoms. The minimum atomic E-state index is 0.787. The van der Waals surface area contributed by atoms with Crippen LogP contribution in [0.15, 0.2) is 53.5 Å². The molecule has 0 bridgehead atoms. The summed E-state index contributed by atoms with van der Waals surface area (Å²) in [4.78, 5) is 4.59. The van der Waals surface area contributed by atoms with Crippen molar-refractivity contribution in [2.24, 2.45) is 4.99 Å². The third kappa shape index (κ3) is 16.5. The summed E-state index contributed by atoms with van der Waals surface area (Å²) in [6, 6.07) is 16.2. The fourth-order valence-electron chi connectivity index (χ4n) is 4.44. The number of rotatable bonds is 22. The molecule has 212 valence electrons. The van der Waals surface area contributed by atoms with Gasteiger partial charge in [0.2, 0.25) is 0 Å². The summed E-state index contributed by atoms with van der Waals surface area (Å²) in [5, 5.41) is 0. The Balaban J connectivity index is 1.49. The molecule has 38 heavy (non-hydrogen) atoms. The first-order valence-corrected chi connectivity index (χ1v) is 15.3. The van der Waals surface area contributed by atoms with E-state index in [9.17, 15) is 0 Å². The number of hydrogen-bond donors (Lipinski definition) is 0. The van der Waals surface area contributed by atoms with E-state index in [0.717, 1.165) is 53.3 Å². The Labute approximate surface area is 234 Å². The molecule has 0 radical (unpaired) electrons. The van der Waals surface area contributed by atoms with Crippen molar-refractivity contribution in [1.82, 2.24) is 0 Å². The molecular weight excluding hydrogens is 468 g/mol. The molecular formula is C34H55N2O2+. The van der Waals surface area contributed by atoms with E-state index in [-0.39, 0.29) is 0 Å². The molecule has 0 saturated heterocycles. The Morgan fingerprint density at radius 1 is 0.579 bits per heavy atom. The van der Waals surface area contributed by atoms with Crippen LogP contribution in [0.4, 0.5) is 5.69 Å². The molecule has 2 aromatic carbocycles. The van der Waals surface area contributed by atoms with Crippen molar-refractivity contribution in [2.45, 2.75) is 96.8 Å². The third-order valence-electron chi connectivity index (χ3n) is 6.84. The van der Waals surface area contributed by atoms with Gasteiger partial charge in [0.25, 0.3) is 0 Å². The maximum Gasteiger partial charge on any atom is 0.119 e. The number of ether oxygens (including phenoxy) is 2. The van der Waals surface area contributed by atoms with Crippen molar-refractivity contribution in [2.75, 3.05) is 40.9 Å². The number of aliphatic imine (C=N–C) groups is 1. The van der Waals surface area contributed by atoms with Gasteiger partial charge in [-0.15, -0.1) is 0 Å². The van der Waals surface area contributed by atoms with Gasteiger partial charge in [-0.3, -0.25) is 4.99 Å². The second-order valence-electron chi connectivity index (χ2n) is 11.6. The number of benzene rings is 2. The summed E-state index contributed by atoms with van der Waals surface area (Å²) in [6.07, 6.45) is 20.2. The second-order valence-corrected chi connectivity index (χ2v) is 11.6. The minimum Gasteiger partial charge on any atom is -0.494 e. The first-order chi connectivity index (χ1) is 18.5. The third-order valence-corrected chi connectivity index (χ3v) is 6.84. The average molecular weight is 524 g/mol. The molecule has 0 amide bonds. The van der Waals surface area contributed by atoms with E-state index >= 15 is 0 Å². The Hall–Kier alpha value is -2.33. The molecule has 0 aliphatic heterocycles. The lowest BCUT2D eigenvalue weighted by atomic mass is 10.1. The number of nitrogens with zero attached hydrogens (tertiary/aromatic N) is 2. The van der Waals surface area contributed by atoms with Crippen LogP contribution in [0.2, 0.25) is 0 Å². The fourth-order valence-corrected chi connectivity index (χ4v) is 4.44. The van der Waals surface area contributed by atoms with E-state index in [1.54, 1.807) is 0 Å². The quantitative estimate of drug-likeness (QED) is 0.0874. The SMILES string of the molecule is CCCCCCOc1ccc(N=Cc2ccc(OCCCCCCCCCCCC[N+](C)(C)C)cc2)cc1. The second kappa shape index (κ2) is 19.7. The van der Waals surface area contributed by atoms with Crippen LogP contribution in [0.5, 0.6) is 11.5 Å². The van der Waals surface area contributed by atoms with Gasteiger partial charge in [-0.25, -0.2) is 0 Å². The monoisotopic (exact) mass is 523 g/mol. The van der Waals surface area contributed by atoms with Gasteiger partial charge in [0.1, 0.15) is 11.5 Å². The van der Waals surface area contributed by atoms with E-state index < -0.39 is 0 Å². The lowest BCUT2D eigenvalue weighted by Crippen LogP contribution is -2.35. The van der Waals surface area contributed by atoms with Crippen molar-refractivity contribution in [3.05, 3.63) is 54.1 Å². The summed E-state index contributed by atoms with van der Waals surface area (Å²) in [6.45, 7) is 5.11. The zero-order chi connectivity index (χ0) is 27.3. The highest BCUT2D eigenvalue weighted by atomic mass is 16.5. The van der Waals surface area contributed by atoms with Gasteiger partial charge < -0.3 is 14.0 Å². The molecule has 0 aliphatic carbocycles. The van der Waals surface area contributed by atoms with Crippen molar-refractivity contribution < 1.29 is 14.0 Å².